The highest BCUT2D eigenvalue weighted by molar-refractivity contribution is 5.74. The van der Waals surface area contributed by atoms with Crippen molar-refractivity contribution in [3.63, 3.8) is 0 Å². The number of carbonyl (C=O) groups excluding carboxylic acids is 1. The lowest BCUT2D eigenvalue weighted by molar-refractivity contribution is -0.122. The highest BCUT2D eigenvalue weighted by atomic mass is 16.2. The summed E-state index contributed by atoms with van der Waals surface area (Å²) in [5.74, 6) is 5.05. The Hall–Kier alpha value is -2.28. The normalized spacial score (nSPS) is 10.1. The van der Waals surface area contributed by atoms with Crippen LogP contribution >= 0.6 is 0 Å². The van der Waals surface area contributed by atoms with E-state index in [-0.39, 0.29) is 12.5 Å². The molecule has 2 aromatic rings. The molecule has 0 saturated carbocycles. The van der Waals surface area contributed by atoms with Crippen LogP contribution in [0.1, 0.15) is 0 Å². The second kappa shape index (κ2) is 4.49. The molecule has 0 fully saturated rings. The van der Waals surface area contributed by atoms with Crippen molar-refractivity contribution in [1.29, 1.82) is 0 Å². The van der Waals surface area contributed by atoms with E-state index in [1.54, 1.807) is 0 Å². The third-order valence-electron chi connectivity index (χ3n) is 1.93. The van der Waals surface area contributed by atoms with Crippen LogP contribution in [0.2, 0.25) is 0 Å². The molecule has 0 aliphatic heterocycles. The van der Waals surface area contributed by atoms with Crippen molar-refractivity contribution in [3.05, 3.63) is 30.3 Å². The van der Waals surface area contributed by atoms with E-state index in [1.165, 1.54) is 4.80 Å². The Kier molecular flexibility index (Phi) is 2.88. The molecule has 1 aromatic heterocycles. The first-order chi connectivity index (χ1) is 7.79. The maximum atomic E-state index is 11.0. The molecule has 7 heteroatoms. The Labute approximate surface area is 91.2 Å². The first kappa shape index (κ1) is 10.2. The van der Waals surface area contributed by atoms with E-state index in [2.05, 4.69) is 15.4 Å². The van der Waals surface area contributed by atoms with Crippen LogP contribution in [0.3, 0.4) is 0 Å². The number of rotatable bonds is 3. The number of nitrogens with one attached hydrogen (secondary N) is 1. The minimum Gasteiger partial charge on any atom is -0.293 e. The fourth-order valence-electron chi connectivity index (χ4n) is 1.19. The summed E-state index contributed by atoms with van der Waals surface area (Å²) in [6.07, 6.45) is 0. The molecule has 0 saturated heterocycles. The molecule has 82 valence electrons. The van der Waals surface area contributed by atoms with Gasteiger partial charge in [-0.05, 0) is 5.21 Å². The number of hydrazine groups is 1. The van der Waals surface area contributed by atoms with Crippen LogP contribution in [0.5, 0.6) is 0 Å². The minimum atomic E-state index is -0.378. The van der Waals surface area contributed by atoms with Gasteiger partial charge in [0.15, 0.2) is 0 Å². The number of amides is 1. The first-order valence-corrected chi connectivity index (χ1v) is 4.62. The minimum absolute atomic E-state index is 0.0453. The van der Waals surface area contributed by atoms with Gasteiger partial charge in [0.2, 0.25) is 5.82 Å². The number of nitrogens with two attached hydrogens (primary N) is 1. The molecule has 0 unspecified atom stereocenters. The third kappa shape index (κ3) is 2.20. The predicted molar refractivity (Wildman–Crippen MR) is 55.6 cm³/mol. The van der Waals surface area contributed by atoms with Crippen molar-refractivity contribution in [2.24, 2.45) is 5.84 Å². The summed E-state index contributed by atoms with van der Waals surface area (Å²) in [4.78, 5) is 12.1. The first-order valence-electron chi connectivity index (χ1n) is 4.62. The molecular weight excluding hydrogens is 208 g/mol. The summed E-state index contributed by atoms with van der Waals surface area (Å²) in [6, 6.07) is 9.38. The second-order valence-electron chi connectivity index (χ2n) is 3.08. The predicted octanol–water partition coefficient (Wildman–Crippen LogP) is -0.670. The van der Waals surface area contributed by atoms with Crippen LogP contribution in [-0.2, 0) is 11.3 Å². The fourth-order valence-corrected chi connectivity index (χ4v) is 1.19. The van der Waals surface area contributed by atoms with Gasteiger partial charge in [-0.15, -0.1) is 10.2 Å². The molecule has 1 heterocycles. The zero-order valence-electron chi connectivity index (χ0n) is 8.37. The molecule has 0 atom stereocenters. The molecule has 7 nitrogen and oxygen atoms in total. The summed E-state index contributed by atoms with van der Waals surface area (Å²) in [5.41, 5.74) is 2.84. The Bertz CT molecular complexity index is 480. The number of hydrogen-bond donors (Lipinski definition) is 2. The number of benzene rings is 1. The molecule has 0 spiro atoms. The van der Waals surface area contributed by atoms with Gasteiger partial charge in [-0.2, -0.15) is 4.80 Å². The van der Waals surface area contributed by atoms with Gasteiger partial charge < -0.3 is 0 Å². The molecule has 0 aliphatic rings. The van der Waals surface area contributed by atoms with Crippen LogP contribution in [0.15, 0.2) is 30.3 Å². The SMILES string of the molecule is NNC(=O)Cn1nnc(-c2ccccc2)n1. The summed E-state index contributed by atoms with van der Waals surface area (Å²) in [6.45, 7) is -0.0453. The van der Waals surface area contributed by atoms with E-state index in [1.807, 2.05) is 35.8 Å². The number of nitrogens with zero attached hydrogens (tertiary/aromatic N) is 4. The Morgan fingerprint density at radius 3 is 2.81 bits per heavy atom. The molecule has 0 radical (unpaired) electrons. The summed E-state index contributed by atoms with van der Waals surface area (Å²) >= 11 is 0. The van der Waals surface area contributed by atoms with Crippen LogP contribution in [-0.4, -0.2) is 26.1 Å². The van der Waals surface area contributed by atoms with E-state index in [0.29, 0.717) is 5.82 Å². The number of tetrazole rings is 1. The van der Waals surface area contributed by atoms with E-state index >= 15 is 0 Å². The van der Waals surface area contributed by atoms with Crippen molar-refractivity contribution in [2.45, 2.75) is 6.54 Å². The highest BCUT2D eigenvalue weighted by Gasteiger charge is 2.07. The van der Waals surface area contributed by atoms with E-state index in [4.69, 9.17) is 5.84 Å². The van der Waals surface area contributed by atoms with Crippen molar-refractivity contribution in [2.75, 3.05) is 0 Å². The largest absolute Gasteiger partial charge is 0.293 e. The van der Waals surface area contributed by atoms with Crippen LogP contribution in [0.25, 0.3) is 11.4 Å². The van der Waals surface area contributed by atoms with Gasteiger partial charge in [-0.3, -0.25) is 10.2 Å². The lowest BCUT2D eigenvalue weighted by atomic mass is 10.2. The smallest absolute Gasteiger partial charge is 0.257 e. The second-order valence-corrected chi connectivity index (χ2v) is 3.08. The fraction of sp³-hybridized carbons (Fsp3) is 0.111. The summed E-state index contributed by atoms with van der Waals surface area (Å²) < 4.78 is 0. The maximum Gasteiger partial charge on any atom is 0.257 e. The number of aromatic nitrogens is 4. The Balaban J connectivity index is 2.17. The zero-order chi connectivity index (χ0) is 11.4. The van der Waals surface area contributed by atoms with Crippen LogP contribution in [0.4, 0.5) is 0 Å². The summed E-state index contributed by atoms with van der Waals surface area (Å²) in [5, 5.41) is 11.6. The van der Waals surface area contributed by atoms with E-state index < -0.39 is 0 Å². The van der Waals surface area contributed by atoms with Crippen LogP contribution < -0.4 is 11.3 Å². The average molecular weight is 218 g/mol. The Morgan fingerprint density at radius 2 is 2.12 bits per heavy atom. The topological polar surface area (TPSA) is 98.7 Å². The Morgan fingerprint density at radius 1 is 1.38 bits per heavy atom. The van der Waals surface area contributed by atoms with Gasteiger partial charge >= 0.3 is 0 Å². The van der Waals surface area contributed by atoms with Crippen molar-refractivity contribution in [1.82, 2.24) is 25.6 Å². The van der Waals surface area contributed by atoms with Gasteiger partial charge in [-0.25, -0.2) is 5.84 Å². The monoisotopic (exact) mass is 218 g/mol. The molecule has 3 N–H and O–H groups in total. The number of carbonyl (C=O) groups is 1. The highest BCUT2D eigenvalue weighted by Crippen LogP contribution is 2.11. The quantitative estimate of drug-likeness (QED) is 0.404. The van der Waals surface area contributed by atoms with Gasteiger partial charge in [-0.1, -0.05) is 30.3 Å². The third-order valence-corrected chi connectivity index (χ3v) is 1.93. The molecule has 1 aromatic carbocycles. The molecule has 0 aliphatic carbocycles. The van der Waals surface area contributed by atoms with Crippen molar-refractivity contribution in [3.8, 4) is 11.4 Å². The standard InChI is InChI=1S/C9H10N6O/c10-11-8(16)6-15-13-9(12-14-15)7-4-2-1-3-5-7/h1-5H,6,10H2,(H,11,16). The van der Waals surface area contributed by atoms with E-state index in [0.717, 1.165) is 5.56 Å². The molecule has 16 heavy (non-hydrogen) atoms. The van der Waals surface area contributed by atoms with Gasteiger partial charge in [0, 0.05) is 5.56 Å². The maximum absolute atomic E-state index is 11.0. The average Bonchev–Trinajstić information content (AvgIpc) is 2.78. The molecule has 1 amide bonds. The van der Waals surface area contributed by atoms with Crippen molar-refractivity contribution >= 4 is 5.91 Å². The molecular formula is C9H10N6O. The van der Waals surface area contributed by atoms with Crippen LogP contribution in [0, 0.1) is 0 Å². The lowest BCUT2D eigenvalue weighted by Gasteiger charge is -1.96. The van der Waals surface area contributed by atoms with Crippen molar-refractivity contribution < 1.29 is 4.79 Å². The van der Waals surface area contributed by atoms with E-state index in [9.17, 15) is 4.79 Å². The summed E-state index contributed by atoms with van der Waals surface area (Å²) in [7, 11) is 0. The molecule has 2 rings (SSSR count). The number of hydrogen-bond acceptors (Lipinski definition) is 5. The molecule has 0 bridgehead atoms. The van der Waals surface area contributed by atoms with Gasteiger partial charge in [0.05, 0.1) is 0 Å². The zero-order valence-corrected chi connectivity index (χ0v) is 8.37. The van der Waals surface area contributed by atoms with Gasteiger partial charge in [0.25, 0.3) is 5.91 Å². The lowest BCUT2D eigenvalue weighted by Crippen LogP contribution is -2.33. The van der Waals surface area contributed by atoms with Gasteiger partial charge in [0.1, 0.15) is 6.54 Å².